The first-order valence-electron chi connectivity index (χ1n) is 14.9. The fourth-order valence-electron chi connectivity index (χ4n) is 7.14. The van der Waals surface area contributed by atoms with Crippen molar-refractivity contribution in [2.45, 2.75) is 84.0 Å². The molecule has 4 heterocycles. The van der Waals surface area contributed by atoms with Gasteiger partial charge >= 0.3 is 0 Å². The SMILES string of the molecule is Cc1cc(C(=O)N(Cc2ncc[nH]2)Cc2ncc[nH]2)ccc1CN1CCC2(CCN(C3CCCCC3)CC2)C1. The van der Waals surface area contributed by atoms with E-state index in [2.05, 4.69) is 48.8 Å². The number of carbonyl (C=O) groups is 1. The Morgan fingerprint density at radius 3 is 2.26 bits per heavy atom. The van der Waals surface area contributed by atoms with Gasteiger partial charge in [0.25, 0.3) is 5.91 Å². The Morgan fingerprint density at radius 1 is 0.974 bits per heavy atom. The van der Waals surface area contributed by atoms with E-state index >= 15 is 0 Å². The second kappa shape index (κ2) is 11.6. The summed E-state index contributed by atoms with van der Waals surface area (Å²) in [5.74, 6) is 1.51. The van der Waals surface area contributed by atoms with Gasteiger partial charge in [0.15, 0.2) is 0 Å². The molecular weight excluding hydrogens is 486 g/mol. The number of likely N-dealkylation sites (tertiary alicyclic amines) is 2. The van der Waals surface area contributed by atoms with E-state index in [1.807, 2.05) is 6.07 Å². The average Bonchev–Trinajstić information content (AvgIpc) is 3.74. The van der Waals surface area contributed by atoms with E-state index in [0.717, 1.165) is 24.2 Å². The number of aromatic nitrogens is 4. The molecule has 1 spiro atoms. The first kappa shape index (κ1) is 26.3. The summed E-state index contributed by atoms with van der Waals surface area (Å²) in [4.78, 5) is 35.7. The molecule has 0 unspecified atom stereocenters. The number of amides is 1. The second-order valence-electron chi connectivity index (χ2n) is 12.2. The van der Waals surface area contributed by atoms with Gasteiger partial charge in [0.2, 0.25) is 0 Å². The predicted octanol–water partition coefficient (Wildman–Crippen LogP) is 4.90. The monoisotopic (exact) mass is 529 g/mol. The van der Waals surface area contributed by atoms with E-state index in [-0.39, 0.29) is 5.91 Å². The van der Waals surface area contributed by atoms with Crippen LogP contribution < -0.4 is 0 Å². The molecular formula is C31H43N7O. The summed E-state index contributed by atoms with van der Waals surface area (Å²) in [5, 5.41) is 0. The minimum absolute atomic E-state index is 0.0118. The number of hydrogen-bond donors (Lipinski definition) is 2. The second-order valence-corrected chi connectivity index (χ2v) is 12.2. The standard InChI is InChI=1S/C31H43N7O/c1-24-19-25(30(39)38(21-28-32-12-13-33-28)22-29-34-14-15-35-29)7-8-26(24)20-36-16-9-31(23-36)10-17-37(18-11-31)27-5-3-2-4-6-27/h7-8,12-15,19,27H,2-6,9-11,16-18,20-23H2,1H3,(H,32,33)(H,34,35). The maximum absolute atomic E-state index is 13.6. The molecule has 1 aliphatic carbocycles. The van der Waals surface area contributed by atoms with Gasteiger partial charge in [-0.2, -0.15) is 0 Å². The van der Waals surface area contributed by atoms with E-state index in [0.29, 0.717) is 24.1 Å². The van der Waals surface area contributed by atoms with Crippen LogP contribution in [0, 0.1) is 12.3 Å². The molecule has 8 nitrogen and oxygen atoms in total. The third kappa shape index (κ3) is 6.12. The van der Waals surface area contributed by atoms with Gasteiger partial charge in [-0.15, -0.1) is 0 Å². The highest BCUT2D eigenvalue weighted by Crippen LogP contribution is 2.42. The number of hydrogen-bond acceptors (Lipinski definition) is 5. The molecule has 1 amide bonds. The van der Waals surface area contributed by atoms with Crippen molar-refractivity contribution < 1.29 is 4.79 Å². The number of nitrogens with one attached hydrogen (secondary N) is 2. The minimum atomic E-state index is -0.0118. The zero-order chi connectivity index (χ0) is 26.7. The van der Waals surface area contributed by atoms with Crippen molar-refractivity contribution in [3.05, 3.63) is 71.3 Å². The Balaban J connectivity index is 1.07. The smallest absolute Gasteiger partial charge is 0.254 e. The molecule has 2 N–H and O–H groups in total. The van der Waals surface area contributed by atoms with Crippen LogP contribution in [0.25, 0.3) is 0 Å². The fraction of sp³-hybridized carbons (Fsp3) is 0.581. The summed E-state index contributed by atoms with van der Waals surface area (Å²) in [6, 6.07) is 7.07. The summed E-state index contributed by atoms with van der Waals surface area (Å²) in [7, 11) is 0. The topological polar surface area (TPSA) is 84.1 Å². The number of carbonyl (C=O) groups excluding carboxylic acids is 1. The van der Waals surface area contributed by atoms with Gasteiger partial charge in [0.05, 0.1) is 13.1 Å². The third-order valence-electron chi connectivity index (χ3n) is 9.53. The van der Waals surface area contributed by atoms with Gasteiger partial charge in [-0.05, 0) is 87.3 Å². The van der Waals surface area contributed by atoms with Crippen molar-refractivity contribution >= 4 is 5.91 Å². The van der Waals surface area contributed by atoms with E-state index < -0.39 is 0 Å². The zero-order valence-electron chi connectivity index (χ0n) is 23.4. The zero-order valence-corrected chi connectivity index (χ0v) is 23.4. The van der Waals surface area contributed by atoms with Gasteiger partial charge in [0.1, 0.15) is 11.6 Å². The number of aromatic amines is 2. The van der Waals surface area contributed by atoms with E-state index in [1.54, 1.807) is 29.7 Å². The van der Waals surface area contributed by atoms with Crippen LogP contribution in [0.15, 0.2) is 43.0 Å². The van der Waals surface area contributed by atoms with Crippen molar-refractivity contribution in [3.63, 3.8) is 0 Å². The molecule has 0 atom stereocenters. The molecule has 0 radical (unpaired) electrons. The molecule has 1 saturated carbocycles. The fourth-order valence-corrected chi connectivity index (χ4v) is 7.14. The summed E-state index contributed by atoms with van der Waals surface area (Å²) in [6.07, 6.45) is 18.2. The number of benzene rings is 1. The number of piperidine rings is 1. The van der Waals surface area contributed by atoms with E-state index in [4.69, 9.17) is 0 Å². The molecule has 2 aliphatic heterocycles. The first-order valence-corrected chi connectivity index (χ1v) is 14.9. The van der Waals surface area contributed by atoms with Crippen molar-refractivity contribution in [2.75, 3.05) is 26.2 Å². The third-order valence-corrected chi connectivity index (χ3v) is 9.53. The highest BCUT2D eigenvalue weighted by Gasteiger charge is 2.41. The van der Waals surface area contributed by atoms with Crippen LogP contribution in [0.5, 0.6) is 0 Å². The number of nitrogens with zero attached hydrogens (tertiary/aromatic N) is 5. The van der Waals surface area contributed by atoms with Gasteiger partial charge in [-0.25, -0.2) is 9.97 Å². The Labute approximate surface area is 232 Å². The van der Waals surface area contributed by atoms with Crippen LogP contribution in [0.3, 0.4) is 0 Å². The largest absolute Gasteiger partial charge is 0.347 e. The van der Waals surface area contributed by atoms with Gasteiger partial charge < -0.3 is 19.8 Å². The normalized spacial score (nSPS) is 20.5. The summed E-state index contributed by atoms with van der Waals surface area (Å²) in [6.45, 7) is 8.90. The highest BCUT2D eigenvalue weighted by atomic mass is 16.2. The summed E-state index contributed by atoms with van der Waals surface area (Å²) >= 11 is 0. The van der Waals surface area contributed by atoms with Crippen molar-refractivity contribution in [2.24, 2.45) is 5.41 Å². The van der Waals surface area contributed by atoms with Gasteiger partial charge in [-0.1, -0.05) is 25.3 Å². The maximum Gasteiger partial charge on any atom is 0.254 e. The molecule has 3 fully saturated rings. The Morgan fingerprint density at radius 2 is 1.64 bits per heavy atom. The number of H-pyrrole nitrogens is 2. The van der Waals surface area contributed by atoms with Crippen LogP contribution in [-0.4, -0.2) is 72.8 Å². The molecule has 3 aliphatic rings. The molecule has 8 heteroatoms. The van der Waals surface area contributed by atoms with Crippen LogP contribution in [0.1, 0.15) is 84.5 Å². The van der Waals surface area contributed by atoms with Crippen molar-refractivity contribution in [1.29, 1.82) is 0 Å². The van der Waals surface area contributed by atoms with E-state index in [1.165, 1.54) is 88.7 Å². The molecule has 2 saturated heterocycles. The van der Waals surface area contributed by atoms with Gasteiger partial charge in [-0.3, -0.25) is 9.69 Å². The number of rotatable bonds is 8. The van der Waals surface area contributed by atoms with Crippen LogP contribution >= 0.6 is 0 Å². The highest BCUT2D eigenvalue weighted by molar-refractivity contribution is 5.94. The molecule has 0 bridgehead atoms. The quantitative estimate of drug-likeness (QED) is 0.433. The molecule has 39 heavy (non-hydrogen) atoms. The van der Waals surface area contributed by atoms with Crippen LogP contribution in [0.2, 0.25) is 0 Å². The average molecular weight is 530 g/mol. The van der Waals surface area contributed by atoms with Crippen molar-refractivity contribution in [1.82, 2.24) is 34.6 Å². The minimum Gasteiger partial charge on any atom is -0.347 e. The molecule has 3 aromatic rings. The first-order chi connectivity index (χ1) is 19.1. The molecule has 208 valence electrons. The lowest BCUT2D eigenvalue weighted by atomic mass is 9.77. The Hall–Kier alpha value is -2.97. The van der Waals surface area contributed by atoms with Crippen LogP contribution in [-0.2, 0) is 19.6 Å². The lowest BCUT2D eigenvalue weighted by molar-refractivity contribution is 0.0615. The van der Waals surface area contributed by atoms with Crippen molar-refractivity contribution in [3.8, 4) is 0 Å². The van der Waals surface area contributed by atoms with Crippen LogP contribution in [0.4, 0.5) is 0 Å². The van der Waals surface area contributed by atoms with E-state index in [9.17, 15) is 4.79 Å². The number of imidazole rings is 2. The Bertz CT molecular complexity index is 1170. The predicted molar refractivity (Wildman–Crippen MR) is 152 cm³/mol. The lowest BCUT2D eigenvalue weighted by Crippen LogP contribution is -2.46. The maximum atomic E-state index is 13.6. The summed E-state index contributed by atoms with van der Waals surface area (Å²) < 4.78 is 0. The van der Waals surface area contributed by atoms with Gasteiger partial charge in [0, 0.05) is 49.5 Å². The molecule has 6 rings (SSSR count). The molecule has 2 aromatic heterocycles. The molecule has 1 aromatic carbocycles. The lowest BCUT2D eigenvalue weighted by Gasteiger charge is -2.44. The Kier molecular flexibility index (Phi) is 7.84. The number of aryl methyl sites for hydroxylation is 1. The summed E-state index contributed by atoms with van der Waals surface area (Å²) in [5.41, 5.74) is 3.73.